The zero-order chi connectivity index (χ0) is 11.4. The average Bonchev–Trinajstić information content (AvgIpc) is 2.19. The van der Waals surface area contributed by atoms with Gasteiger partial charge in [-0.15, -0.1) is 0 Å². The van der Waals surface area contributed by atoms with E-state index in [0.717, 1.165) is 17.6 Å². The summed E-state index contributed by atoms with van der Waals surface area (Å²) in [5.74, 6) is 0.877. The van der Waals surface area contributed by atoms with Crippen LogP contribution in [0, 0.1) is 0 Å². The summed E-state index contributed by atoms with van der Waals surface area (Å²) in [7, 11) is 3.03. The molecular formula is C12H16O3. The van der Waals surface area contributed by atoms with Gasteiger partial charge in [0.05, 0.1) is 14.2 Å². The Labute approximate surface area is 90.0 Å². The molecule has 0 aliphatic heterocycles. The highest BCUT2D eigenvalue weighted by Gasteiger charge is 2.10. The number of phenolic OH excluding ortho intramolecular Hbond substituents is 1. The average molecular weight is 208 g/mol. The Morgan fingerprint density at radius 2 is 1.73 bits per heavy atom. The van der Waals surface area contributed by atoms with Crippen LogP contribution in [0.2, 0.25) is 0 Å². The molecule has 3 heteroatoms. The monoisotopic (exact) mass is 208 g/mol. The van der Waals surface area contributed by atoms with Crippen LogP contribution < -0.4 is 9.47 Å². The number of phenols is 1. The van der Waals surface area contributed by atoms with Crippen molar-refractivity contribution in [2.45, 2.75) is 13.3 Å². The van der Waals surface area contributed by atoms with Crippen molar-refractivity contribution in [3.8, 4) is 17.2 Å². The molecule has 0 saturated heterocycles. The third kappa shape index (κ3) is 2.65. The van der Waals surface area contributed by atoms with E-state index in [-0.39, 0.29) is 5.75 Å². The van der Waals surface area contributed by atoms with Gasteiger partial charge in [0, 0.05) is 0 Å². The van der Waals surface area contributed by atoms with Crippen molar-refractivity contribution >= 4 is 0 Å². The summed E-state index contributed by atoms with van der Waals surface area (Å²) in [6.45, 7) is 5.79. The number of allylic oxidation sites excluding steroid dienone is 1. The molecule has 1 N–H and O–H groups in total. The van der Waals surface area contributed by atoms with Gasteiger partial charge in [-0.05, 0) is 31.0 Å². The first-order chi connectivity index (χ1) is 7.08. The van der Waals surface area contributed by atoms with Gasteiger partial charge in [-0.1, -0.05) is 12.2 Å². The highest BCUT2D eigenvalue weighted by atomic mass is 16.5. The largest absolute Gasteiger partial charge is 0.502 e. The Balaban J connectivity index is 3.14. The minimum atomic E-state index is 0.0328. The summed E-state index contributed by atoms with van der Waals surface area (Å²) >= 11 is 0. The van der Waals surface area contributed by atoms with Gasteiger partial charge in [0.25, 0.3) is 0 Å². The second-order valence-electron chi connectivity index (χ2n) is 3.48. The Hall–Kier alpha value is -1.64. The van der Waals surface area contributed by atoms with Gasteiger partial charge < -0.3 is 14.6 Å². The number of aromatic hydroxyl groups is 1. The van der Waals surface area contributed by atoms with Crippen LogP contribution in [-0.4, -0.2) is 19.3 Å². The van der Waals surface area contributed by atoms with Crippen molar-refractivity contribution < 1.29 is 14.6 Å². The number of methoxy groups -OCH3 is 2. The molecule has 15 heavy (non-hydrogen) atoms. The zero-order valence-corrected chi connectivity index (χ0v) is 9.33. The molecule has 0 radical (unpaired) electrons. The fraction of sp³-hybridized carbons (Fsp3) is 0.333. The van der Waals surface area contributed by atoms with Gasteiger partial charge in [-0.2, -0.15) is 0 Å². The SMILES string of the molecule is C=C(C)Cc1cc(OC)c(O)c(OC)c1. The normalized spacial score (nSPS) is 9.80. The lowest BCUT2D eigenvalue weighted by Gasteiger charge is -2.11. The fourth-order valence-electron chi connectivity index (χ4n) is 1.40. The quantitative estimate of drug-likeness (QED) is 0.773. The molecule has 0 bridgehead atoms. The Bertz CT molecular complexity index is 344. The molecule has 0 amide bonds. The molecule has 0 unspecified atom stereocenters. The van der Waals surface area contributed by atoms with Gasteiger partial charge in [0.2, 0.25) is 5.75 Å². The number of benzene rings is 1. The van der Waals surface area contributed by atoms with Crippen LogP contribution in [0.4, 0.5) is 0 Å². The molecule has 1 aromatic rings. The van der Waals surface area contributed by atoms with Crippen molar-refractivity contribution in [2.24, 2.45) is 0 Å². The third-order valence-electron chi connectivity index (χ3n) is 2.05. The van der Waals surface area contributed by atoms with E-state index < -0.39 is 0 Å². The van der Waals surface area contributed by atoms with Crippen molar-refractivity contribution in [1.82, 2.24) is 0 Å². The lowest BCUT2D eigenvalue weighted by molar-refractivity contribution is 0.339. The molecule has 3 nitrogen and oxygen atoms in total. The molecule has 1 aromatic carbocycles. The van der Waals surface area contributed by atoms with E-state index in [4.69, 9.17) is 9.47 Å². The molecule has 82 valence electrons. The number of hydrogen-bond donors (Lipinski definition) is 1. The molecule has 1 rings (SSSR count). The fourth-order valence-corrected chi connectivity index (χ4v) is 1.40. The highest BCUT2D eigenvalue weighted by molar-refractivity contribution is 5.53. The summed E-state index contributed by atoms with van der Waals surface area (Å²) in [5.41, 5.74) is 2.05. The number of rotatable bonds is 4. The van der Waals surface area contributed by atoms with Crippen LogP contribution in [0.5, 0.6) is 17.2 Å². The lowest BCUT2D eigenvalue weighted by atomic mass is 10.1. The van der Waals surface area contributed by atoms with Crippen LogP contribution in [-0.2, 0) is 6.42 Å². The smallest absolute Gasteiger partial charge is 0.200 e. The topological polar surface area (TPSA) is 38.7 Å². The summed E-state index contributed by atoms with van der Waals surface area (Å²) in [5, 5.41) is 9.67. The molecule has 0 aromatic heterocycles. The van der Waals surface area contributed by atoms with Crippen LogP contribution >= 0.6 is 0 Å². The summed E-state index contributed by atoms with van der Waals surface area (Å²) < 4.78 is 10.1. The minimum absolute atomic E-state index is 0.0328. The Kier molecular flexibility index (Phi) is 3.61. The van der Waals surface area contributed by atoms with Gasteiger partial charge >= 0.3 is 0 Å². The minimum Gasteiger partial charge on any atom is -0.502 e. The van der Waals surface area contributed by atoms with Crippen molar-refractivity contribution in [3.63, 3.8) is 0 Å². The molecule has 0 heterocycles. The van der Waals surface area contributed by atoms with Crippen molar-refractivity contribution in [3.05, 3.63) is 29.8 Å². The summed E-state index contributed by atoms with van der Waals surface area (Å²) in [6.07, 6.45) is 0.743. The first-order valence-corrected chi connectivity index (χ1v) is 4.66. The van der Waals surface area contributed by atoms with E-state index in [1.165, 1.54) is 14.2 Å². The van der Waals surface area contributed by atoms with E-state index in [1.54, 1.807) is 12.1 Å². The molecule has 0 aliphatic rings. The van der Waals surface area contributed by atoms with E-state index in [1.807, 2.05) is 6.92 Å². The van der Waals surface area contributed by atoms with Crippen LogP contribution in [0.15, 0.2) is 24.3 Å². The highest BCUT2D eigenvalue weighted by Crippen LogP contribution is 2.37. The second-order valence-corrected chi connectivity index (χ2v) is 3.48. The molecule has 0 atom stereocenters. The van der Waals surface area contributed by atoms with Gasteiger partial charge in [0.1, 0.15) is 0 Å². The van der Waals surface area contributed by atoms with E-state index >= 15 is 0 Å². The standard InChI is InChI=1S/C12H16O3/c1-8(2)5-9-6-10(14-3)12(13)11(7-9)15-4/h6-7,13H,1,5H2,2-4H3. The molecule has 0 saturated carbocycles. The maximum atomic E-state index is 9.67. The van der Waals surface area contributed by atoms with Crippen molar-refractivity contribution in [1.29, 1.82) is 0 Å². The Morgan fingerprint density at radius 3 is 2.07 bits per heavy atom. The molecular weight excluding hydrogens is 192 g/mol. The van der Waals surface area contributed by atoms with Crippen LogP contribution in [0.3, 0.4) is 0 Å². The summed E-state index contributed by atoms with van der Waals surface area (Å²) in [6, 6.07) is 3.57. The van der Waals surface area contributed by atoms with Crippen LogP contribution in [0.25, 0.3) is 0 Å². The number of ether oxygens (including phenoxy) is 2. The van der Waals surface area contributed by atoms with Gasteiger partial charge in [-0.3, -0.25) is 0 Å². The predicted molar refractivity (Wildman–Crippen MR) is 59.7 cm³/mol. The lowest BCUT2D eigenvalue weighted by Crippen LogP contribution is -1.93. The maximum absolute atomic E-state index is 9.67. The third-order valence-corrected chi connectivity index (χ3v) is 2.05. The zero-order valence-electron chi connectivity index (χ0n) is 9.33. The molecule has 0 aliphatic carbocycles. The van der Waals surface area contributed by atoms with Crippen molar-refractivity contribution in [2.75, 3.05) is 14.2 Å². The van der Waals surface area contributed by atoms with E-state index in [9.17, 15) is 5.11 Å². The molecule has 0 fully saturated rings. The second kappa shape index (κ2) is 4.73. The van der Waals surface area contributed by atoms with Gasteiger partial charge in [0.15, 0.2) is 11.5 Å². The molecule has 0 spiro atoms. The first-order valence-electron chi connectivity index (χ1n) is 4.66. The van der Waals surface area contributed by atoms with Gasteiger partial charge in [-0.25, -0.2) is 0 Å². The summed E-state index contributed by atoms with van der Waals surface area (Å²) in [4.78, 5) is 0. The van der Waals surface area contributed by atoms with Crippen LogP contribution in [0.1, 0.15) is 12.5 Å². The van der Waals surface area contributed by atoms with E-state index in [0.29, 0.717) is 11.5 Å². The first kappa shape index (κ1) is 11.4. The van der Waals surface area contributed by atoms with E-state index in [2.05, 4.69) is 6.58 Å². The predicted octanol–water partition coefficient (Wildman–Crippen LogP) is 2.53. The number of hydrogen-bond acceptors (Lipinski definition) is 3. The maximum Gasteiger partial charge on any atom is 0.200 e. The Morgan fingerprint density at radius 1 is 1.27 bits per heavy atom.